The summed E-state index contributed by atoms with van der Waals surface area (Å²) in [5.74, 6) is 0.487. The van der Waals surface area contributed by atoms with E-state index >= 15 is 0 Å². The Kier molecular flexibility index (Phi) is 5.71. The highest BCUT2D eigenvalue weighted by atomic mass is 79.9. The van der Waals surface area contributed by atoms with Crippen molar-refractivity contribution in [2.45, 2.75) is 6.92 Å². The zero-order valence-electron chi connectivity index (χ0n) is 12.7. The second-order valence-electron chi connectivity index (χ2n) is 4.72. The lowest BCUT2D eigenvalue weighted by atomic mass is 10.1. The molecule has 0 saturated carbocycles. The standard InChI is InChI=1S/C18H15BrO4/c1-12(20)13-3-7-16(8-4-13)23-18(21)10-5-14-11-15(19)6-9-17(14)22-2/h3-11H,1-2H3/b10-5+. The monoisotopic (exact) mass is 374 g/mol. The van der Waals surface area contributed by atoms with Gasteiger partial charge in [0.1, 0.15) is 11.5 Å². The highest BCUT2D eigenvalue weighted by Crippen LogP contribution is 2.24. The lowest BCUT2D eigenvalue weighted by molar-refractivity contribution is -0.128. The second-order valence-corrected chi connectivity index (χ2v) is 5.64. The molecule has 0 radical (unpaired) electrons. The Labute approximate surface area is 142 Å². The van der Waals surface area contributed by atoms with Crippen LogP contribution in [0.15, 0.2) is 53.0 Å². The third-order valence-electron chi connectivity index (χ3n) is 3.07. The van der Waals surface area contributed by atoms with E-state index in [9.17, 15) is 9.59 Å². The highest BCUT2D eigenvalue weighted by Gasteiger charge is 2.05. The molecule has 5 heteroatoms. The minimum absolute atomic E-state index is 0.0375. The molecule has 0 N–H and O–H groups in total. The summed E-state index contributed by atoms with van der Waals surface area (Å²) in [5, 5.41) is 0. The number of carbonyl (C=O) groups excluding carboxylic acids is 2. The van der Waals surface area contributed by atoms with Crippen LogP contribution in [-0.4, -0.2) is 18.9 Å². The maximum Gasteiger partial charge on any atom is 0.336 e. The smallest absolute Gasteiger partial charge is 0.336 e. The molecular weight excluding hydrogens is 360 g/mol. The molecule has 118 valence electrons. The van der Waals surface area contributed by atoms with E-state index in [2.05, 4.69) is 15.9 Å². The summed E-state index contributed by atoms with van der Waals surface area (Å²) in [4.78, 5) is 23.1. The van der Waals surface area contributed by atoms with Gasteiger partial charge < -0.3 is 9.47 Å². The highest BCUT2D eigenvalue weighted by molar-refractivity contribution is 9.10. The van der Waals surface area contributed by atoms with Crippen molar-refractivity contribution in [2.75, 3.05) is 7.11 Å². The molecule has 0 aromatic heterocycles. The lowest BCUT2D eigenvalue weighted by Gasteiger charge is -2.05. The molecule has 2 aromatic rings. The van der Waals surface area contributed by atoms with Crippen molar-refractivity contribution in [3.8, 4) is 11.5 Å². The Morgan fingerprint density at radius 2 is 1.78 bits per heavy atom. The summed E-state index contributed by atoms with van der Waals surface area (Å²) < 4.78 is 11.3. The number of ketones is 1. The third-order valence-corrected chi connectivity index (χ3v) is 3.56. The molecule has 0 heterocycles. The second kappa shape index (κ2) is 7.74. The molecule has 23 heavy (non-hydrogen) atoms. The number of Topliss-reactive ketones (excluding diaryl/α,β-unsaturated/α-hetero) is 1. The molecule has 0 saturated heterocycles. The summed E-state index contributed by atoms with van der Waals surface area (Å²) in [7, 11) is 1.56. The van der Waals surface area contributed by atoms with Crippen LogP contribution in [0.5, 0.6) is 11.5 Å². The van der Waals surface area contributed by atoms with Gasteiger partial charge >= 0.3 is 5.97 Å². The number of methoxy groups -OCH3 is 1. The number of halogens is 1. The molecule has 0 aliphatic rings. The van der Waals surface area contributed by atoms with Crippen molar-refractivity contribution in [3.63, 3.8) is 0 Å². The SMILES string of the molecule is COc1ccc(Br)cc1/C=C/C(=O)Oc1ccc(C(C)=O)cc1. The van der Waals surface area contributed by atoms with E-state index in [0.717, 1.165) is 10.0 Å². The number of esters is 1. The first-order valence-electron chi connectivity index (χ1n) is 6.84. The summed E-state index contributed by atoms with van der Waals surface area (Å²) in [6.45, 7) is 1.48. The van der Waals surface area contributed by atoms with E-state index in [1.807, 2.05) is 12.1 Å². The minimum Gasteiger partial charge on any atom is -0.496 e. The van der Waals surface area contributed by atoms with Gasteiger partial charge in [-0.2, -0.15) is 0 Å². The molecule has 0 spiro atoms. The van der Waals surface area contributed by atoms with Gasteiger partial charge in [0.2, 0.25) is 0 Å². The Bertz CT molecular complexity index is 748. The predicted molar refractivity (Wildman–Crippen MR) is 91.8 cm³/mol. The number of ether oxygens (including phenoxy) is 2. The summed E-state index contributed by atoms with van der Waals surface area (Å²) in [6, 6.07) is 11.9. The molecule has 4 nitrogen and oxygen atoms in total. The van der Waals surface area contributed by atoms with Crippen LogP contribution in [0.1, 0.15) is 22.8 Å². The van der Waals surface area contributed by atoms with Gasteiger partial charge in [0.25, 0.3) is 0 Å². The summed E-state index contributed by atoms with van der Waals surface area (Å²) in [6.07, 6.45) is 2.94. The fraction of sp³-hybridized carbons (Fsp3) is 0.111. The van der Waals surface area contributed by atoms with Gasteiger partial charge in [-0.3, -0.25) is 4.79 Å². The molecule has 0 aliphatic heterocycles. The van der Waals surface area contributed by atoms with E-state index < -0.39 is 5.97 Å². The molecular formula is C18H15BrO4. The number of hydrogen-bond donors (Lipinski definition) is 0. The van der Waals surface area contributed by atoms with Crippen LogP contribution >= 0.6 is 15.9 Å². The van der Waals surface area contributed by atoms with Gasteiger partial charge in [-0.15, -0.1) is 0 Å². The van der Waals surface area contributed by atoms with Crippen molar-refractivity contribution >= 4 is 33.8 Å². The Hall–Kier alpha value is -2.40. The molecule has 0 atom stereocenters. The van der Waals surface area contributed by atoms with Crippen molar-refractivity contribution in [1.82, 2.24) is 0 Å². The zero-order valence-corrected chi connectivity index (χ0v) is 14.3. The van der Waals surface area contributed by atoms with Gasteiger partial charge in [-0.25, -0.2) is 4.79 Å². The number of rotatable bonds is 5. The van der Waals surface area contributed by atoms with Crippen LogP contribution in [-0.2, 0) is 4.79 Å². The molecule has 2 rings (SSSR count). The van der Waals surface area contributed by atoms with Crippen LogP contribution in [0.4, 0.5) is 0 Å². The molecule has 2 aromatic carbocycles. The van der Waals surface area contributed by atoms with Crippen LogP contribution in [0.25, 0.3) is 6.08 Å². The normalized spacial score (nSPS) is 10.6. The molecule has 0 unspecified atom stereocenters. The number of hydrogen-bond acceptors (Lipinski definition) is 4. The van der Waals surface area contributed by atoms with Gasteiger partial charge in [0.15, 0.2) is 5.78 Å². The van der Waals surface area contributed by atoms with E-state index in [4.69, 9.17) is 9.47 Å². The van der Waals surface area contributed by atoms with Crippen LogP contribution in [0.2, 0.25) is 0 Å². The zero-order chi connectivity index (χ0) is 16.8. The van der Waals surface area contributed by atoms with Crippen LogP contribution < -0.4 is 9.47 Å². The van der Waals surface area contributed by atoms with Crippen molar-refractivity contribution < 1.29 is 19.1 Å². The maximum absolute atomic E-state index is 11.9. The van der Waals surface area contributed by atoms with Crippen LogP contribution in [0.3, 0.4) is 0 Å². The van der Waals surface area contributed by atoms with Crippen molar-refractivity contribution in [1.29, 1.82) is 0 Å². The molecule has 0 fully saturated rings. The molecule has 0 bridgehead atoms. The maximum atomic E-state index is 11.9. The first-order valence-corrected chi connectivity index (χ1v) is 7.63. The molecule has 0 aliphatic carbocycles. The van der Waals surface area contributed by atoms with Crippen LogP contribution in [0, 0.1) is 0 Å². The average molecular weight is 375 g/mol. The molecule has 0 amide bonds. The largest absolute Gasteiger partial charge is 0.496 e. The van der Waals surface area contributed by atoms with E-state index in [0.29, 0.717) is 17.1 Å². The fourth-order valence-corrected chi connectivity index (χ4v) is 2.28. The Morgan fingerprint density at radius 3 is 2.39 bits per heavy atom. The third kappa shape index (κ3) is 4.79. The van der Waals surface area contributed by atoms with E-state index in [1.54, 1.807) is 43.5 Å². The number of carbonyl (C=O) groups is 2. The van der Waals surface area contributed by atoms with Gasteiger partial charge in [0.05, 0.1) is 7.11 Å². The predicted octanol–water partition coefficient (Wildman–Crippen LogP) is 4.28. The van der Waals surface area contributed by atoms with E-state index in [-0.39, 0.29) is 5.78 Å². The van der Waals surface area contributed by atoms with E-state index in [1.165, 1.54) is 13.0 Å². The lowest BCUT2D eigenvalue weighted by Crippen LogP contribution is -2.04. The van der Waals surface area contributed by atoms with Gasteiger partial charge in [-0.1, -0.05) is 15.9 Å². The topological polar surface area (TPSA) is 52.6 Å². The first-order chi connectivity index (χ1) is 11.0. The van der Waals surface area contributed by atoms with Crippen molar-refractivity contribution in [3.05, 3.63) is 64.1 Å². The summed E-state index contributed by atoms with van der Waals surface area (Å²) >= 11 is 3.37. The fourth-order valence-electron chi connectivity index (χ4n) is 1.90. The van der Waals surface area contributed by atoms with Gasteiger partial charge in [-0.05, 0) is 55.5 Å². The Balaban J connectivity index is 2.07. The Morgan fingerprint density at radius 1 is 1.09 bits per heavy atom. The van der Waals surface area contributed by atoms with Gasteiger partial charge in [0, 0.05) is 21.7 Å². The minimum atomic E-state index is -0.511. The summed E-state index contributed by atoms with van der Waals surface area (Å²) in [5.41, 5.74) is 1.32. The quantitative estimate of drug-likeness (QED) is 0.339. The van der Waals surface area contributed by atoms with Crippen molar-refractivity contribution in [2.24, 2.45) is 0 Å². The first kappa shape index (κ1) is 17.0. The average Bonchev–Trinajstić information content (AvgIpc) is 2.53. The number of benzene rings is 2.